The van der Waals surface area contributed by atoms with Crippen molar-refractivity contribution in [3.05, 3.63) is 69.2 Å². The number of methoxy groups -OCH3 is 1. The van der Waals surface area contributed by atoms with E-state index in [-0.39, 0.29) is 26.8 Å². The first-order valence-electron chi connectivity index (χ1n) is 7.37. The molecule has 0 fully saturated rings. The Labute approximate surface area is 169 Å². The summed E-state index contributed by atoms with van der Waals surface area (Å²) in [6.07, 6.45) is 0. The van der Waals surface area contributed by atoms with E-state index in [1.54, 1.807) is 0 Å². The Balaban J connectivity index is 1.94. The van der Waals surface area contributed by atoms with E-state index in [0.29, 0.717) is 5.02 Å². The highest BCUT2D eigenvalue weighted by Gasteiger charge is 2.14. The minimum atomic E-state index is -0.572. The Kier molecular flexibility index (Phi) is 7.12. The fourth-order valence-corrected chi connectivity index (χ4v) is 2.60. The molecular formula is C17H13Cl2N3O4S. The van der Waals surface area contributed by atoms with Crippen LogP contribution in [0.2, 0.25) is 10.0 Å². The number of esters is 1. The molecule has 7 nitrogen and oxygen atoms in total. The van der Waals surface area contributed by atoms with Gasteiger partial charge in [0.05, 0.1) is 23.3 Å². The number of carbonyl (C=O) groups is 3. The third-order valence-corrected chi connectivity index (χ3v) is 3.99. The van der Waals surface area contributed by atoms with Crippen LogP contribution in [-0.2, 0) is 4.74 Å². The van der Waals surface area contributed by atoms with Crippen molar-refractivity contribution in [3.63, 3.8) is 0 Å². The van der Waals surface area contributed by atoms with E-state index in [4.69, 9.17) is 35.4 Å². The molecule has 0 heterocycles. The topological polar surface area (TPSA) is 96.5 Å². The molecule has 0 spiro atoms. The molecule has 2 rings (SSSR count). The molecule has 27 heavy (non-hydrogen) atoms. The molecule has 0 saturated carbocycles. The van der Waals surface area contributed by atoms with Gasteiger partial charge < -0.3 is 4.74 Å². The fourth-order valence-electron chi connectivity index (χ4n) is 1.97. The first-order chi connectivity index (χ1) is 12.8. The number of nitrogens with one attached hydrogen (secondary N) is 3. The summed E-state index contributed by atoms with van der Waals surface area (Å²) in [5.41, 5.74) is 5.28. The van der Waals surface area contributed by atoms with Crippen LogP contribution in [0.15, 0.2) is 42.5 Å². The Hall–Kier alpha value is -2.68. The smallest absolute Gasteiger partial charge is 0.337 e. The van der Waals surface area contributed by atoms with Crippen molar-refractivity contribution in [1.82, 2.24) is 16.2 Å². The summed E-state index contributed by atoms with van der Waals surface area (Å²) in [5.74, 6) is -1.71. The van der Waals surface area contributed by atoms with Gasteiger partial charge >= 0.3 is 5.97 Å². The predicted molar refractivity (Wildman–Crippen MR) is 105 cm³/mol. The molecule has 0 aromatic heterocycles. The molecule has 0 atom stereocenters. The van der Waals surface area contributed by atoms with Gasteiger partial charge in [0.15, 0.2) is 5.11 Å². The molecule has 2 aromatic rings. The van der Waals surface area contributed by atoms with E-state index in [1.165, 1.54) is 49.6 Å². The first-order valence-corrected chi connectivity index (χ1v) is 8.53. The normalized spacial score (nSPS) is 9.89. The minimum absolute atomic E-state index is 0.151. The largest absolute Gasteiger partial charge is 0.465 e. The lowest BCUT2D eigenvalue weighted by Crippen LogP contribution is -2.48. The molecule has 10 heteroatoms. The molecule has 0 aliphatic rings. The lowest BCUT2D eigenvalue weighted by Gasteiger charge is -2.12. The van der Waals surface area contributed by atoms with E-state index in [9.17, 15) is 14.4 Å². The van der Waals surface area contributed by atoms with Crippen molar-refractivity contribution in [2.45, 2.75) is 0 Å². The van der Waals surface area contributed by atoms with Gasteiger partial charge in [-0.15, -0.1) is 0 Å². The van der Waals surface area contributed by atoms with Gasteiger partial charge in [0.1, 0.15) is 0 Å². The molecule has 0 aliphatic carbocycles. The molecule has 0 radical (unpaired) electrons. The third kappa shape index (κ3) is 5.65. The SMILES string of the molecule is COC(=O)c1cccc(C(=O)NC(=S)NNC(=O)c2ccc(Cl)cc2Cl)c1. The van der Waals surface area contributed by atoms with Crippen molar-refractivity contribution in [3.8, 4) is 0 Å². The maximum absolute atomic E-state index is 12.2. The summed E-state index contributed by atoms with van der Waals surface area (Å²) in [6, 6.07) is 10.3. The van der Waals surface area contributed by atoms with Crippen LogP contribution in [-0.4, -0.2) is 30.0 Å². The second-order valence-electron chi connectivity index (χ2n) is 5.06. The van der Waals surface area contributed by atoms with Gasteiger partial charge in [-0.3, -0.25) is 25.8 Å². The van der Waals surface area contributed by atoms with Crippen molar-refractivity contribution in [1.29, 1.82) is 0 Å². The van der Waals surface area contributed by atoms with Crippen LogP contribution in [0, 0.1) is 0 Å². The number of thiocarbonyl (C=S) groups is 1. The standard InChI is InChI=1S/C17H13Cl2N3O4S/c1-26-16(25)10-4-2-3-9(7-10)14(23)20-17(27)22-21-15(24)12-6-5-11(18)8-13(12)19/h2-8H,1H3,(H,21,24)(H2,20,22,23,27). The zero-order valence-electron chi connectivity index (χ0n) is 13.8. The summed E-state index contributed by atoms with van der Waals surface area (Å²) in [5, 5.41) is 2.77. The van der Waals surface area contributed by atoms with E-state index >= 15 is 0 Å². The lowest BCUT2D eigenvalue weighted by atomic mass is 10.1. The van der Waals surface area contributed by atoms with E-state index < -0.39 is 17.8 Å². The van der Waals surface area contributed by atoms with Crippen LogP contribution in [0.25, 0.3) is 0 Å². The lowest BCUT2D eigenvalue weighted by molar-refractivity contribution is 0.0600. The number of benzene rings is 2. The molecule has 0 aliphatic heterocycles. The van der Waals surface area contributed by atoms with Crippen LogP contribution < -0.4 is 16.2 Å². The van der Waals surface area contributed by atoms with Crippen molar-refractivity contribution < 1.29 is 19.1 Å². The summed E-state index contributed by atoms with van der Waals surface area (Å²) < 4.78 is 4.60. The molecule has 0 unspecified atom stereocenters. The van der Waals surface area contributed by atoms with Gasteiger partial charge in [-0.2, -0.15) is 0 Å². The quantitative estimate of drug-likeness (QED) is 0.397. The van der Waals surface area contributed by atoms with E-state index in [0.717, 1.165) is 0 Å². The molecule has 2 amide bonds. The second kappa shape index (κ2) is 9.31. The Morgan fingerprint density at radius 2 is 1.67 bits per heavy atom. The number of rotatable bonds is 3. The van der Waals surface area contributed by atoms with Crippen LogP contribution in [0.1, 0.15) is 31.1 Å². The highest BCUT2D eigenvalue weighted by atomic mass is 35.5. The molecule has 140 valence electrons. The maximum Gasteiger partial charge on any atom is 0.337 e. The third-order valence-electron chi connectivity index (χ3n) is 3.24. The van der Waals surface area contributed by atoms with Gasteiger partial charge in [-0.05, 0) is 48.6 Å². The molecular weight excluding hydrogens is 413 g/mol. The second-order valence-corrected chi connectivity index (χ2v) is 6.31. The summed E-state index contributed by atoms with van der Waals surface area (Å²) in [4.78, 5) is 35.8. The average molecular weight is 426 g/mol. The van der Waals surface area contributed by atoms with Gasteiger partial charge in [0.25, 0.3) is 11.8 Å². The summed E-state index contributed by atoms with van der Waals surface area (Å²) in [7, 11) is 1.24. The van der Waals surface area contributed by atoms with Crippen LogP contribution in [0.4, 0.5) is 0 Å². The van der Waals surface area contributed by atoms with E-state index in [1.807, 2.05) is 0 Å². The monoisotopic (exact) mass is 425 g/mol. The summed E-state index contributed by atoms with van der Waals surface area (Å²) >= 11 is 16.7. The fraction of sp³-hybridized carbons (Fsp3) is 0.0588. The van der Waals surface area contributed by atoms with Gasteiger partial charge in [-0.1, -0.05) is 29.3 Å². The van der Waals surface area contributed by atoms with Gasteiger partial charge in [-0.25, -0.2) is 4.79 Å². The molecule has 0 bridgehead atoms. The number of ether oxygens (including phenoxy) is 1. The molecule has 2 aromatic carbocycles. The highest BCUT2D eigenvalue weighted by molar-refractivity contribution is 7.80. The summed E-state index contributed by atoms with van der Waals surface area (Å²) in [6.45, 7) is 0. The zero-order chi connectivity index (χ0) is 20.0. The first kappa shape index (κ1) is 20.6. The highest BCUT2D eigenvalue weighted by Crippen LogP contribution is 2.20. The zero-order valence-corrected chi connectivity index (χ0v) is 16.2. The van der Waals surface area contributed by atoms with Crippen LogP contribution in [0.3, 0.4) is 0 Å². The Morgan fingerprint density at radius 1 is 0.963 bits per heavy atom. The Morgan fingerprint density at radius 3 is 2.33 bits per heavy atom. The number of hydrazine groups is 1. The number of hydrogen-bond donors (Lipinski definition) is 3. The van der Waals surface area contributed by atoms with Gasteiger partial charge in [0.2, 0.25) is 0 Å². The van der Waals surface area contributed by atoms with Crippen molar-refractivity contribution in [2.24, 2.45) is 0 Å². The van der Waals surface area contributed by atoms with Gasteiger partial charge in [0, 0.05) is 10.6 Å². The van der Waals surface area contributed by atoms with Crippen LogP contribution in [0.5, 0.6) is 0 Å². The van der Waals surface area contributed by atoms with E-state index in [2.05, 4.69) is 20.9 Å². The van der Waals surface area contributed by atoms with Crippen molar-refractivity contribution >= 4 is 58.3 Å². The number of halogens is 2. The molecule has 3 N–H and O–H groups in total. The number of amides is 2. The number of carbonyl (C=O) groups excluding carboxylic acids is 3. The Bertz CT molecular complexity index is 921. The predicted octanol–water partition coefficient (Wildman–Crippen LogP) is 2.73. The van der Waals surface area contributed by atoms with Crippen LogP contribution >= 0.6 is 35.4 Å². The minimum Gasteiger partial charge on any atom is -0.465 e. The average Bonchev–Trinajstić information content (AvgIpc) is 2.65. The van der Waals surface area contributed by atoms with Crippen molar-refractivity contribution in [2.75, 3.05) is 7.11 Å². The number of hydrogen-bond acceptors (Lipinski definition) is 5. The maximum atomic E-state index is 12.2. The molecule has 0 saturated heterocycles.